The van der Waals surface area contributed by atoms with Crippen molar-refractivity contribution in [3.8, 4) is 0 Å². The van der Waals surface area contributed by atoms with Crippen molar-refractivity contribution in [1.29, 1.82) is 0 Å². The molecule has 0 aliphatic carbocycles. The summed E-state index contributed by atoms with van der Waals surface area (Å²) in [6.07, 6.45) is -3.02. The number of hydrogen-bond donors (Lipinski definition) is 0. The van der Waals surface area contributed by atoms with Gasteiger partial charge in [0, 0.05) is 18.5 Å². The SMILES string of the molecule is O=[S+]([O-])(c1ccccc1)N1CCCC2(CC(c3cccc(C(F)(F)F)c3)=NO2)C1. The van der Waals surface area contributed by atoms with E-state index >= 15 is 0 Å². The Labute approximate surface area is 167 Å². The Morgan fingerprint density at radius 1 is 1.14 bits per heavy atom. The van der Waals surface area contributed by atoms with Gasteiger partial charge in [0.05, 0.1) is 17.8 Å². The van der Waals surface area contributed by atoms with Crippen LogP contribution in [0, 0.1) is 0 Å². The van der Waals surface area contributed by atoms with Gasteiger partial charge >= 0.3 is 6.18 Å². The molecule has 2 aliphatic heterocycles. The van der Waals surface area contributed by atoms with Crippen molar-refractivity contribution < 1.29 is 26.8 Å². The highest BCUT2D eigenvalue weighted by molar-refractivity contribution is 7.95. The van der Waals surface area contributed by atoms with Gasteiger partial charge in [0.2, 0.25) is 0 Å². The summed E-state index contributed by atoms with van der Waals surface area (Å²) in [5.74, 6) is 0. The van der Waals surface area contributed by atoms with Crippen LogP contribution in [0.25, 0.3) is 0 Å². The third-order valence-corrected chi connectivity index (χ3v) is 7.11. The zero-order valence-electron chi connectivity index (χ0n) is 15.4. The number of oxime groups is 1. The smallest absolute Gasteiger partial charge is 0.416 e. The molecule has 0 N–H and O–H groups in total. The summed E-state index contributed by atoms with van der Waals surface area (Å²) in [4.78, 5) is 5.84. The molecule has 2 aromatic carbocycles. The molecule has 29 heavy (non-hydrogen) atoms. The van der Waals surface area contributed by atoms with Crippen LogP contribution in [0.5, 0.6) is 0 Å². The largest absolute Gasteiger partial charge is 0.593 e. The Bertz CT molecular complexity index is 980. The van der Waals surface area contributed by atoms with Crippen LogP contribution in [0.2, 0.25) is 0 Å². The number of hydrogen-bond acceptors (Lipinski definition) is 4. The number of benzene rings is 2. The molecule has 4 rings (SSSR count). The van der Waals surface area contributed by atoms with Crippen molar-refractivity contribution in [1.82, 2.24) is 4.31 Å². The number of sulfonamides is 1. The first kappa shape index (κ1) is 20.1. The van der Waals surface area contributed by atoms with Crippen LogP contribution < -0.4 is 0 Å². The lowest BCUT2D eigenvalue weighted by Crippen LogP contribution is -2.52. The summed E-state index contributed by atoms with van der Waals surface area (Å²) < 4.78 is 66.3. The van der Waals surface area contributed by atoms with Gasteiger partial charge in [-0.3, -0.25) is 0 Å². The van der Waals surface area contributed by atoms with Gasteiger partial charge in [-0.1, -0.05) is 39.7 Å². The molecule has 2 aromatic rings. The van der Waals surface area contributed by atoms with Gasteiger partial charge in [-0.15, -0.1) is 4.31 Å². The van der Waals surface area contributed by atoms with E-state index in [1.165, 1.54) is 22.5 Å². The van der Waals surface area contributed by atoms with Gasteiger partial charge in [0.1, 0.15) is 0 Å². The molecular formula is C20H19F3N2O3S. The topological polar surface area (TPSA) is 65.0 Å². The quantitative estimate of drug-likeness (QED) is 0.692. The van der Waals surface area contributed by atoms with Crippen LogP contribution in [0.15, 0.2) is 64.6 Å². The summed E-state index contributed by atoms with van der Waals surface area (Å²) >= 11 is 0. The van der Waals surface area contributed by atoms with Gasteiger partial charge in [0.15, 0.2) is 20.9 Å². The Kier molecular flexibility index (Phi) is 5.00. The van der Waals surface area contributed by atoms with Crippen molar-refractivity contribution in [3.05, 3.63) is 65.7 Å². The predicted molar refractivity (Wildman–Crippen MR) is 101 cm³/mol. The van der Waals surface area contributed by atoms with Gasteiger partial charge in [0.25, 0.3) is 0 Å². The van der Waals surface area contributed by atoms with E-state index in [1.807, 2.05) is 0 Å². The second-order valence-electron chi connectivity index (χ2n) is 7.32. The van der Waals surface area contributed by atoms with Gasteiger partial charge in [-0.2, -0.15) is 13.2 Å². The second-order valence-corrected chi connectivity index (χ2v) is 9.26. The molecule has 154 valence electrons. The summed E-state index contributed by atoms with van der Waals surface area (Å²) in [7, 11) is -3.68. The summed E-state index contributed by atoms with van der Waals surface area (Å²) in [6, 6.07) is 13.1. The normalized spacial score (nSPS) is 24.8. The fourth-order valence-electron chi connectivity index (χ4n) is 3.77. The molecule has 0 radical (unpaired) electrons. The number of alkyl halides is 3. The maximum absolute atomic E-state index is 13.0. The Morgan fingerprint density at radius 3 is 2.62 bits per heavy atom. The molecule has 2 unspecified atom stereocenters. The first-order valence-corrected chi connectivity index (χ1v) is 10.6. The number of rotatable bonds is 3. The zero-order chi connectivity index (χ0) is 20.7. The highest BCUT2D eigenvalue weighted by Gasteiger charge is 2.48. The number of nitrogens with zero attached hydrogens (tertiary/aromatic N) is 2. The van der Waals surface area contributed by atoms with Gasteiger partial charge in [-0.25, -0.2) is 0 Å². The highest BCUT2D eigenvalue weighted by atomic mass is 32.3. The van der Waals surface area contributed by atoms with Gasteiger partial charge < -0.3 is 9.39 Å². The van der Waals surface area contributed by atoms with Crippen LogP contribution in [0.1, 0.15) is 30.4 Å². The van der Waals surface area contributed by atoms with E-state index in [2.05, 4.69) is 5.16 Å². The third kappa shape index (κ3) is 3.94. The Morgan fingerprint density at radius 2 is 1.90 bits per heavy atom. The average Bonchev–Trinajstić information content (AvgIpc) is 3.11. The third-order valence-electron chi connectivity index (χ3n) is 5.25. The molecular weight excluding hydrogens is 405 g/mol. The molecule has 0 saturated carbocycles. The summed E-state index contributed by atoms with van der Waals surface area (Å²) in [5.41, 5.74) is -0.880. The molecule has 0 aromatic heterocycles. The fraction of sp³-hybridized carbons (Fsp3) is 0.350. The Balaban J connectivity index is 1.53. The Hall–Kier alpha value is -2.23. The minimum absolute atomic E-state index is 0.107. The molecule has 1 saturated heterocycles. The monoisotopic (exact) mass is 424 g/mol. The molecule has 0 amide bonds. The van der Waals surface area contributed by atoms with Crippen molar-refractivity contribution >= 4 is 16.1 Å². The molecule has 1 spiro atoms. The summed E-state index contributed by atoms with van der Waals surface area (Å²) in [5, 5.41) is 4.02. The first-order chi connectivity index (χ1) is 13.7. The van der Waals surface area contributed by atoms with E-state index in [4.69, 9.17) is 4.84 Å². The van der Waals surface area contributed by atoms with Crippen LogP contribution in [0.3, 0.4) is 0 Å². The lowest BCUT2D eigenvalue weighted by Gasteiger charge is -2.38. The maximum Gasteiger partial charge on any atom is 0.416 e. The van der Waals surface area contributed by atoms with Crippen LogP contribution in [-0.2, 0) is 25.6 Å². The van der Waals surface area contributed by atoms with Crippen LogP contribution in [0.4, 0.5) is 13.2 Å². The van der Waals surface area contributed by atoms with Gasteiger partial charge in [-0.05, 0) is 37.1 Å². The number of piperidine rings is 1. The number of halogens is 3. The first-order valence-electron chi connectivity index (χ1n) is 9.18. The zero-order valence-corrected chi connectivity index (χ0v) is 16.2. The molecule has 5 nitrogen and oxygen atoms in total. The molecule has 2 heterocycles. The molecule has 2 aliphatic rings. The molecule has 9 heteroatoms. The maximum atomic E-state index is 13.0. The second kappa shape index (κ2) is 7.23. The van der Waals surface area contributed by atoms with Crippen molar-refractivity contribution in [2.45, 2.75) is 35.9 Å². The van der Waals surface area contributed by atoms with Crippen molar-refractivity contribution in [2.24, 2.45) is 5.16 Å². The predicted octanol–water partition coefficient (Wildman–Crippen LogP) is 4.27. The lowest BCUT2D eigenvalue weighted by atomic mass is 9.87. The minimum atomic E-state index is -4.45. The minimum Gasteiger partial charge on any atom is -0.593 e. The van der Waals surface area contributed by atoms with E-state index in [0.717, 1.165) is 12.1 Å². The van der Waals surface area contributed by atoms with E-state index in [1.54, 1.807) is 24.3 Å². The van der Waals surface area contributed by atoms with Crippen LogP contribution >= 0.6 is 0 Å². The molecule has 2 atom stereocenters. The van der Waals surface area contributed by atoms with E-state index in [0.29, 0.717) is 30.7 Å². The summed E-state index contributed by atoms with van der Waals surface area (Å²) in [6.45, 7) is 0.470. The van der Waals surface area contributed by atoms with Crippen molar-refractivity contribution in [3.63, 3.8) is 0 Å². The fourth-order valence-corrected chi connectivity index (χ4v) is 5.35. The molecule has 1 fully saturated rings. The average molecular weight is 424 g/mol. The molecule has 0 bridgehead atoms. The van der Waals surface area contributed by atoms with E-state index in [-0.39, 0.29) is 17.9 Å². The van der Waals surface area contributed by atoms with E-state index < -0.39 is 27.7 Å². The van der Waals surface area contributed by atoms with E-state index in [9.17, 15) is 21.9 Å². The van der Waals surface area contributed by atoms with Crippen LogP contribution in [-0.4, -0.2) is 33.3 Å². The van der Waals surface area contributed by atoms with Crippen molar-refractivity contribution in [2.75, 3.05) is 13.1 Å². The highest BCUT2D eigenvalue weighted by Crippen LogP contribution is 2.38. The standard InChI is InChI=1S/C20H19F3N2O3S/c21-20(22,23)16-7-4-6-15(12-16)18-13-19(28-24-18)10-5-11-25(14-19)29(26,27)17-8-2-1-3-9-17/h1-4,6-9,12H,5,10-11,13-14H2. The lowest BCUT2D eigenvalue weighted by molar-refractivity contribution is -0.137.